The standard InChI is InChI=1S/C17H22N4O/c18-11-15-5-2-8-19-16(15)21-9-6-13(7-10-21)12-20-17(22)14-3-1-4-14/h2,5,8,13-14H,1,3-4,6-7,9-10,12H2,(H,20,22). The lowest BCUT2D eigenvalue weighted by Crippen LogP contribution is -2.41. The van der Waals surface area contributed by atoms with Gasteiger partial charge in [0.25, 0.3) is 0 Å². The fourth-order valence-corrected chi connectivity index (χ4v) is 3.14. The van der Waals surface area contributed by atoms with Crippen LogP contribution in [0.1, 0.15) is 37.7 Å². The molecular formula is C17H22N4O. The van der Waals surface area contributed by atoms with Crippen molar-refractivity contribution in [2.45, 2.75) is 32.1 Å². The van der Waals surface area contributed by atoms with Gasteiger partial charge in [-0.15, -0.1) is 0 Å². The summed E-state index contributed by atoms with van der Waals surface area (Å²) in [5.74, 6) is 1.84. The monoisotopic (exact) mass is 298 g/mol. The minimum Gasteiger partial charge on any atom is -0.356 e. The summed E-state index contributed by atoms with van der Waals surface area (Å²) >= 11 is 0. The van der Waals surface area contributed by atoms with Crippen LogP contribution in [0.2, 0.25) is 0 Å². The predicted octanol–water partition coefficient (Wildman–Crippen LogP) is 2.09. The van der Waals surface area contributed by atoms with Gasteiger partial charge >= 0.3 is 0 Å². The van der Waals surface area contributed by atoms with Crippen LogP contribution < -0.4 is 10.2 Å². The number of aromatic nitrogens is 1. The highest BCUT2D eigenvalue weighted by Crippen LogP contribution is 2.27. The summed E-state index contributed by atoms with van der Waals surface area (Å²) < 4.78 is 0. The van der Waals surface area contributed by atoms with Crippen molar-refractivity contribution in [3.05, 3.63) is 23.9 Å². The second kappa shape index (κ2) is 6.78. The first-order valence-electron chi connectivity index (χ1n) is 8.15. The van der Waals surface area contributed by atoms with Gasteiger partial charge in [-0.05, 0) is 43.7 Å². The normalized spacial score (nSPS) is 19.3. The van der Waals surface area contributed by atoms with E-state index in [1.165, 1.54) is 6.42 Å². The Bertz CT molecular complexity index is 568. The number of anilines is 1. The van der Waals surface area contributed by atoms with E-state index in [0.717, 1.165) is 51.1 Å². The summed E-state index contributed by atoms with van der Waals surface area (Å²) in [5.41, 5.74) is 0.638. The topological polar surface area (TPSA) is 69.0 Å². The van der Waals surface area contributed by atoms with Crippen LogP contribution in [-0.2, 0) is 4.79 Å². The van der Waals surface area contributed by atoms with Gasteiger partial charge < -0.3 is 10.2 Å². The SMILES string of the molecule is N#Cc1cccnc1N1CCC(CNC(=O)C2CCC2)CC1. The van der Waals surface area contributed by atoms with E-state index >= 15 is 0 Å². The summed E-state index contributed by atoms with van der Waals surface area (Å²) in [6.45, 7) is 2.59. The van der Waals surface area contributed by atoms with E-state index in [4.69, 9.17) is 5.26 Å². The largest absolute Gasteiger partial charge is 0.356 e. The van der Waals surface area contributed by atoms with Gasteiger partial charge in [0, 0.05) is 31.7 Å². The number of hydrogen-bond acceptors (Lipinski definition) is 4. The second-order valence-corrected chi connectivity index (χ2v) is 6.29. The molecule has 5 nitrogen and oxygen atoms in total. The average molecular weight is 298 g/mol. The van der Waals surface area contributed by atoms with Crippen molar-refractivity contribution in [2.24, 2.45) is 11.8 Å². The van der Waals surface area contributed by atoms with Crippen LogP contribution in [-0.4, -0.2) is 30.5 Å². The highest BCUT2D eigenvalue weighted by Gasteiger charge is 2.27. The molecule has 5 heteroatoms. The van der Waals surface area contributed by atoms with Crippen molar-refractivity contribution in [3.63, 3.8) is 0 Å². The van der Waals surface area contributed by atoms with Crippen LogP contribution in [0.3, 0.4) is 0 Å². The molecule has 116 valence electrons. The Hall–Kier alpha value is -2.09. The smallest absolute Gasteiger partial charge is 0.223 e. The highest BCUT2D eigenvalue weighted by atomic mass is 16.1. The van der Waals surface area contributed by atoms with Crippen molar-refractivity contribution in [1.29, 1.82) is 5.26 Å². The van der Waals surface area contributed by atoms with Crippen LogP contribution in [0.25, 0.3) is 0 Å². The Balaban J connectivity index is 1.48. The molecule has 22 heavy (non-hydrogen) atoms. The van der Waals surface area contributed by atoms with Gasteiger partial charge in [-0.2, -0.15) is 5.26 Å². The molecule has 2 heterocycles. The molecule has 2 fully saturated rings. The molecule has 1 N–H and O–H groups in total. The Morgan fingerprint density at radius 3 is 2.77 bits per heavy atom. The van der Waals surface area contributed by atoms with E-state index in [9.17, 15) is 4.79 Å². The van der Waals surface area contributed by atoms with Gasteiger partial charge in [0.2, 0.25) is 5.91 Å². The Kier molecular flexibility index (Phi) is 4.57. The number of carbonyl (C=O) groups is 1. The molecule has 1 saturated heterocycles. The lowest BCUT2D eigenvalue weighted by molar-refractivity contribution is -0.127. The Morgan fingerprint density at radius 2 is 2.14 bits per heavy atom. The molecule has 3 rings (SSSR count). The number of nitrogens with one attached hydrogen (secondary N) is 1. The lowest BCUT2D eigenvalue weighted by atomic mass is 9.84. The molecule has 0 unspecified atom stereocenters. The van der Waals surface area contributed by atoms with E-state index in [2.05, 4.69) is 21.3 Å². The van der Waals surface area contributed by atoms with Gasteiger partial charge in [0.15, 0.2) is 0 Å². The van der Waals surface area contributed by atoms with E-state index in [0.29, 0.717) is 11.5 Å². The van der Waals surface area contributed by atoms with E-state index < -0.39 is 0 Å². The first-order valence-corrected chi connectivity index (χ1v) is 8.15. The van der Waals surface area contributed by atoms with Crippen LogP contribution in [0, 0.1) is 23.2 Å². The van der Waals surface area contributed by atoms with Crippen molar-refractivity contribution >= 4 is 11.7 Å². The quantitative estimate of drug-likeness (QED) is 0.924. The van der Waals surface area contributed by atoms with Crippen molar-refractivity contribution in [2.75, 3.05) is 24.5 Å². The van der Waals surface area contributed by atoms with Crippen molar-refractivity contribution in [3.8, 4) is 6.07 Å². The minimum atomic E-state index is 0.241. The molecule has 0 aromatic carbocycles. The van der Waals surface area contributed by atoms with E-state index in [-0.39, 0.29) is 11.8 Å². The molecule has 1 saturated carbocycles. The molecule has 1 aromatic heterocycles. The minimum absolute atomic E-state index is 0.241. The van der Waals surface area contributed by atoms with Gasteiger partial charge in [-0.1, -0.05) is 6.42 Å². The van der Waals surface area contributed by atoms with Gasteiger partial charge in [-0.3, -0.25) is 4.79 Å². The molecule has 1 aromatic rings. The van der Waals surface area contributed by atoms with Gasteiger partial charge in [-0.25, -0.2) is 4.98 Å². The third-order valence-corrected chi connectivity index (χ3v) is 4.86. The number of nitriles is 1. The highest BCUT2D eigenvalue weighted by molar-refractivity contribution is 5.79. The zero-order valence-corrected chi connectivity index (χ0v) is 12.8. The molecule has 1 amide bonds. The summed E-state index contributed by atoms with van der Waals surface area (Å²) in [5, 5.41) is 12.3. The summed E-state index contributed by atoms with van der Waals surface area (Å²) in [7, 11) is 0. The second-order valence-electron chi connectivity index (χ2n) is 6.29. The fourth-order valence-electron chi connectivity index (χ4n) is 3.14. The molecule has 1 aliphatic heterocycles. The van der Waals surface area contributed by atoms with Crippen molar-refractivity contribution < 1.29 is 4.79 Å². The van der Waals surface area contributed by atoms with Crippen LogP contribution >= 0.6 is 0 Å². The Labute approximate surface area is 131 Å². The average Bonchev–Trinajstić information content (AvgIpc) is 2.52. The lowest BCUT2D eigenvalue weighted by Gasteiger charge is -2.33. The predicted molar refractivity (Wildman–Crippen MR) is 84.2 cm³/mol. The van der Waals surface area contributed by atoms with Crippen LogP contribution in [0.5, 0.6) is 0 Å². The maximum absolute atomic E-state index is 11.9. The number of pyridine rings is 1. The Morgan fingerprint density at radius 1 is 1.36 bits per heavy atom. The van der Waals surface area contributed by atoms with E-state index in [1.54, 1.807) is 12.3 Å². The van der Waals surface area contributed by atoms with Crippen molar-refractivity contribution in [1.82, 2.24) is 10.3 Å². The summed E-state index contributed by atoms with van der Waals surface area (Å²) in [6, 6.07) is 5.82. The number of carbonyl (C=O) groups excluding carboxylic acids is 1. The molecule has 0 bridgehead atoms. The zero-order chi connectivity index (χ0) is 15.4. The van der Waals surface area contributed by atoms with E-state index in [1.807, 2.05) is 6.07 Å². The number of amides is 1. The number of hydrogen-bond donors (Lipinski definition) is 1. The number of nitrogens with zero attached hydrogens (tertiary/aromatic N) is 3. The fraction of sp³-hybridized carbons (Fsp3) is 0.588. The molecule has 0 radical (unpaired) electrons. The maximum Gasteiger partial charge on any atom is 0.223 e. The third kappa shape index (κ3) is 3.22. The molecule has 0 atom stereocenters. The third-order valence-electron chi connectivity index (χ3n) is 4.86. The summed E-state index contributed by atoms with van der Waals surface area (Å²) in [6.07, 6.45) is 7.11. The molecule has 2 aliphatic rings. The number of piperidine rings is 1. The van der Waals surface area contributed by atoms with Crippen LogP contribution in [0.4, 0.5) is 5.82 Å². The molecule has 0 spiro atoms. The van der Waals surface area contributed by atoms with Gasteiger partial charge in [0.05, 0.1) is 5.56 Å². The number of rotatable bonds is 4. The molecular weight excluding hydrogens is 276 g/mol. The first-order chi connectivity index (χ1) is 10.8. The van der Waals surface area contributed by atoms with Crippen LogP contribution in [0.15, 0.2) is 18.3 Å². The first kappa shape index (κ1) is 14.8. The summed E-state index contributed by atoms with van der Waals surface area (Å²) in [4.78, 5) is 18.4. The maximum atomic E-state index is 11.9. The molecule has 1 aliphatic carbocycles. The van der Waals surface area contributed by atoms with Gasteiger partial charge in [0.1, 0.15) is 11.9 Å². The zero-order valence-electron chi connectivity index (χ0n) is 12.8.